The molecule has 2 heterocycles. The van der Waals surface area contributed by atoms with E-state index < -0.39 is 41.5 Å². The zero-order valence-corrected chi connectivity index (χ0v) is 16.7. The van der Waals surface area contributed by atoms with E-state index in [4.69, 9.17) is 16.4 Å². The number of fused-ring (bicyclic) bond motifs is 1. The van der Waals surface area contributed by atoms with Gasteiger partial charge in [0, 0.05) is 5.02 Å². The lowest BCUT2D eigenvalue weighted by Gasteiger charge is -2.28. The second-order valence-electron chi connectivity index (χ2n) is 7.32. The molecule has 3 aromatic carbocycles. The van der Waals surface area contributed by atoms with Crippen LogP contribution in [0.1, 0.15) is 11.6 Å². The predicted molar refractivity (Wildman–Crippen MR) is 110 cm³/mol. The van der Waals surface area contributed by atoms with E-state index in [1.165, 1.54) is 11.1 Å². The third-order valence-electron chi connectivity index (χ3n) is 5.50. The van der Waals surface area contributed by atoms with Crippen molar-refractivity contribution in [1.82, 2.24) is 0 Å². The summed E-state index contributed by atoms with van der Waals surface area (Å²) in [6, 6.07) is 17.8. The van der Waals surface area contributed by atoms with E-state index in [0.29, 0.717) is 22.0 Å². The Labute approximate surface area is 181 Å². The molecule has 0 radical (unpaired) electrons. The molecule has 2 aliphatic heterocycles. The number of carbonyl (C=O) groups is 2. The normalized spacial score (nSPS) is 22.9. The number of carbonyl (C=O) groups excluding carboxylic acids is 2. The Bertz CT molecular complexity index is 1170. The number of rotatable bonds is 3. The molecular weight excluding hydrogens is 426 g/mol. The average molecular weight is 441 g/mol. The maximum absolute atomic E-state index is 14.1. The van der Waals surface area contributed by atoms with Crippen molar-refractivity contribution in [2.45, 2.75) is 12.1 Å². The number of halogens is 3. The van der Waals surface area contributed by atoms with Gasteiger partial charge in [-0.15, -0.1) is 0 Å². The SMILES string of the molecule is O=C1[C@@H]2[C@@H](ON(c3ccccc3)[C@H]2c2ccc(F)c(F)c2)C(=O)N1c1ccc(Cl)cc1. The van der Waals surface area contributed by atoms with Crippen LogP contribution < -0.4 is 9.96 Å². The monoisotopic (exact) mass is 440 g/mol. The van der Waals surface area contributed by atoms with Crippen molar-refractivity contribution in [2.24, 2.45) is 5.92 Å². The fraction of sp³-hybridized carbons (Fsp3) is 0.130. The maximum Gasteiger partial charge on any atom is 0.266 e. The highest BCUT2D eigenvalue weighted by Gasteiger charge is 2.60. The molecule has 3 aromatic rings. The van der Waals surface area contributed by atoms with Crippen LogP contribution in [0.2, 0.25) is 5.02 Å². The number of amides is 2. The number of nitrogens with zero attached hydrogens (tertiary/aromatic N) is 2. The van der Waals surface area contributed by atoms with E-state index in [0.717, 1.165) is 17.0 Å². The van der Waals surface area contributed by atoms with Gasteiger partial charge in [0.05, 0.1) is 17.4 Å². The highest BCUT2D eigenvalue weighted by molar-refractivity contribution is 6.31. The molecule has 2 fully saturated rings. The van der Waals surface area contributed by atoms with E-state index >= 15 is 0 Å². The molecule has 8 heteroatoms. The van der Waals surface area contributed by atoms with Gasteiger partial charge in [0.15, 0.2) is 17.7 Å². The van der Waals surface area contributed by atoms with Crippen LogP contribution in [-0.2, 0) is 14.4 Å². The first-order valence-electron chi connectivity index (χ1n) is 9.55. The van der Waals surface area contributed by atoms with Crippen LogP contribution in [0.5, 0.6) is 0 Å². The van der Waals surface area contributed by atoms with Gasteiger partial charge in [-0.05, 0) is 54.1 Å². The van der Waals surface area contributed by atoms with Gasteiger partial charge in [0.2, 0.25) is 5.91 Å². The topological polar surface area (TPSA) is 49.9 Å². The van der Waals surface area contributed by atoms with Gasteiger partial charge < -0.3 is 0 Å². The van der Waals surface area contributed by atoms with E-state index in [-0.39, 0.29) is 0 Å². The van der Waals surface area contributed by atoms with Gasteiger partial charge in [0.1, 0.15) is 5.92 Å². The van der Waals surface area contributed by atoms with Gasteiger partial charge in [-0.3, -0.25) is 14.4 Å². The van der Waals surface area contributed by atoms with Crippen LogP contribution in [0.3, 0.4) is 0 Å². The molecule has 0 aromatic heterocycles. The summed E-state index contributed by atoms with van der Waals surface area (Å²) in [5, 5.41) is 1.89. The second-order valence-corrected chi connectivity index (χ2v) is 7.76. The summed E-state index contributed by atoms with van der Waals surface area (Å²) in [6.45, 7) is 0. The molecule has 31 heavy (non-hydrogen) atoms. The third-order valence-corrected chi connectivity index (χ3v) is 5.75. The lowest BCUT2D eigenvalue weighted by atomic mass is 9.90. The van der Waals surface area contributed by atoms with Crippen LogP contribution in [-0.4, -0.2) is 17.9 Å². The highest BCUT2D eigenvalue weighted by Crippen LogP contribution is 2.47. The van der Waals surface area contributed by atoms with Crippen molar-refractivity contribution in [3.05, 3.63) is 95.0 Å². The fourth-order valence-corrected chi connectivity index (χ4v) is 4.22. The molecule has 0 bridgehead atoms. The molecule has 0 saturated carbocycles. The lowest BCUT2D eigenvalue weighted by Crippen LogP contribution is -2.37. The zero-order chi connectivity index (χ0) is 21.7. The summed E-state index contributed by atoms with van der Waals surface area (Å²) >= 11 is 5.92. The van der Waals surface area contributed by atoms with Gasteiger partial charge in [-0.25, -0.2) is 18.7 Å². The Kier molecular flexibility index (Phi) is 4.72. The number of hydroxylamine groups is 1. The average Bonchev–Trinajstić information content (AvgIpc) is 3.28. The molecule has 0 N–H and O–H groups in total. The maximum atomic E-state index is 14.1. The van der Waals surface area contributed by atoms with Crippen LogP contribution >= 0.6 is 11.6 Å². The Morgan fingerprint density at radius 2 is 1.52 bits per heavy atom. The van der Waals surface area contributed by atoms with Gasteiger partial charge >= 0.3 is 0 Å². The molecule has 0 spiro atoms. The van der Waals surface area contributed by atoms with Gasteiger partial charge in [-0.1, -0.05) is 35.9 Å². The minimum absolute atomic E-state index is 0.328. The first-order chi connectivity index (χ1) is 15.0. The fourth-order valence-electron chi connectivity index (χ4n) is 4.09. The van der Waals surface area contributed by atoms with Crippen LogP contribution in [0.4, 0.5) is 20.2 Å². The summed E-state index contributed by atoms with van der Waals surface area (Å²) in [6.07, 6.45) is -1.10. The van der Waals surface area contributed by atoms with E-state index in [9.17, 15) is 18.4 Å². The van der Waals surface area contributed by atoms with E-state index in [1.807, 2.05) is 6.07 Å². The molecule has 156 valence electrons. The molecule has 5 rings (SSSR count). The van der Waals surface area contributed by atoms with E-state index in [1.54, 1.807) is 48.5 Å². The highest BCUT2D eigenvalue weighted by atomic mass is 35.5. The van der Waals surface area contributed by atoms with E-state index in [2.05, 4.69) is 0 Å². The molecule has 2 saturated heterocycles. The van der Waals surface area contributed by atoms with Crippen LogP contribution in [0.25, 0.3) is 0 Å². The molecule has 0 unspecified atom stereocenters. The Hall–Kier alpha value is -3.29. The summed E-state index contributed by atoms with van der Waals surface area (Å²) < 4.78 is 27.6. The number of imide groups is 1. The number of para-hydroxylation sites is 1. The summed E-state index contributed by atoms with van der Waals surface area (Å²) in [4.78, 5) is 33.5. The van der Waals surface area contributed by atoms with Crippen molar-refractivity contribution < 1.29 is 23.2 Å². The molecule has 3 atom stereocenters. The zero-order valence-electron chi connectivity index (χ0n) is 15.9. The summed E-state index contributed by atoms with van der Waals surface area (Å²) in [5.74, 6) is -3.98. The molecular formula is C23H15ClF2N2O3. The minimum atomic E-state index is -1.10. The number of anilines is 2. The minimum Gasteiger partial charge on any atom is -0.273 e. The number of hydrogen-bond acceptors (Lipinski definition) is 4. The van der Waals surface area contributed by atoms with Crippen molar-refractivity contribution in [3.8, 4) is 0 Å². The molecule has 0 aliphatic carbocycles. The Morgan fingerprint density at radius 1 is 0.806 bits per heavy atom. The summed E-state index contributed by atoms with van der Waals surface area (Å²) in [5.41, 5.74) is 1.28. The molecule has 5 nitrogen and oxygen atoms in total. The largest absolute Gasteiger partial charge is 0.273 e. The van der Waals surface area contributed by atoms with Crippen molar-refractivity contribution in [3.63, 3.8) is 0 Å². The van der Waals surface area contributed by atoms with Crippen molar-refractivity contribution in [1.29, 1.82) is 0 Å². The molecule has 2 aliphatic rings. The van der Waals surface area contributed by atoms with Crippen molar-refractivity contribution >= 4 is 34.8 Å². The second kappa shape index (κ2) is 7.44. The lowest BCUT2D eigenvalue weighted by molar-refractivity contribution is -0.126. The third kappa shape index (κ3) is 3.17. The first-order valence-corrected chi connectivity index (χ1v) is 9.93. The van der Waals surface area contributed by atoms with Crippen molar-refractivity contribution in [2.75, 3.05) is 9.96 Å². The van der Waals surface area contributed by atoms with Crippen LogP contribution in [0.15, 0.2) is 72.8 Å². The number of hydrogen-bond donors (Lipinski definition) is 0. The smallest absolute Gasteiger partial charge is 0.266 e. The molecule has 2 amide bonds. The first kappa shape index (κ1) is 19.7. The standard InChI is InChI=1S/C23H15ClF2N2O3/c24-14-7-9-15(10-8-14)27-22(29)19-20(13-6-11-17(25)18(26)12-13)28(31-21(19)23(27)30)16-4-2-1-3-5-16/h1-12,19-21H/t19-,20-,21+/m0/s1. The number of benzene rings is 3. The predicted octanol–water partition coefficient (Wildman–Crippen LogP) is 4.67. The Balaban J connectivity index is 1.60. The quantitative estimate of drug-likeness (QED) is 0.555. The van der Waals surface area contributed by atoms with Gasteiger partial charge in [0.25, 0.3) is 5.91 Å². The Morgan fingerprint density at radius 3 is 2.19 bits per heavy atom. The van der Waals surface area contributed by atoms with Crippen LogP contribution in [0, 0.1) is 17.6 Å². The summed E-state index contributed by atoms with van der Waals surface area (Å²) in [7, 11) is 0. The van der Waals surface area contributed by atoms with Gasteiger partial charge in [-0.2, -0.15) is 0 Å².